The molecule has 1 fully saturated rings. The molecule has 2 N–H and O–H groups in total. The van der Waals surface area contributed by atoms with E-state index in [1.165, 1.54) is 19.3 Å². The van der Waals surface area contributed by atoms with Crippen molar-refractivity contribution in [3.8, 4) is 0 Å². The summed E-state index contributed by atoms with van der Waals surface area (Å²) in [6, 6.07) is 0. The highest BCUT2D eigenvalue weighted by molar-refractivity contribution is 5.31. The average Bonchev–Trinajstić information content (AvgIpc) is 3.01. The molecule has 0 aromatic carbocycles. The Kier molecular flexibility index (Phi) is 2.87. The minimum absolute atomic E-state index is 0.456. The van der Waals surface area contributed by atoms with Crippen molar-refractivity contribution in [2.75, 3.05) is 23.7 Å². The van der Waals surface area contributed by atoms with Crippen LogP contribution in [0.4, 0.5) is 11.6 Å². The van der Waals surface area contributed by atoms with Crippen LogP contribution >= 0.6 is 0 Å². The van der Waals surface area contributed by atoms with Crippen molar-refractivity contribution in [2.24, 2.45) is 0 Å². The van der Waals surface area contributed by atoms with E-state index < -0.39 is 0 Å². The van der Waals surface area contributed by atoms with Gasteiger partial charge < -0.3 is 15.2 Å². The standard InChI is InChI=1S/C11H16N6O/c12-9-6-13-17(7-9)8-10-14-11(15-18-10)16-4-2-1-3-5-16/h6-7H,1-5,8,12H2. The van der Waals surface area contributed by atoms with Gasteiger partial charge >= 0.3 is 0 Å². The second-order valence-corrected chi connectivity index (χ2v) is 4.51. The number of hydrogen-bond acceptors (Lipinski definition) is 6. The lowest BCUT2D eigenvalue weighted by Gasteiger charge is -2.24. The third kappa shape index (κ3) is 2.29. The molecule has 96 valence electrons. The molecule has 1 aliphatic rings. The summed E-state index contributed by atoms with van der Waals surface area (Å²) < 4.78 is 6.91. The van der Waals surface area contributed by atoms with Crippen molar-refractivity contribution in [1.82, 2.24) is 19.9 Å². The lowest BCUT2D eigenvalue weighted by atomic mass is 10.1. The zero-order valence-electron chi connectivity index (χ0n) is 10.1. The number of hydrogen-bond donors (Lipinski definition) is 1. The number of nitrogens with two attached hydrogens (primary N) is 1. The molecule has 1 saturated heterocycles. The lowest BCUT2D eigenvalue weighted by molar-refractivity contribution is 0.364. The van der Waals surface area contributed by atoms with Crippen LogP contribution in [0.25, 0.3) is 0 Å². The van der Waals surface area contributed by atoms with Gasteiger partial charge in [-0.25, -0.2) is 0 Å². The van der Waals surface area contributed by atoms with Crippen molar-refractivity contribution < 1.29 is 4.52 Å². The number of nitrogen functional groups attached to an aromatic ring is 1. The van der Waals surface area contributed by atoms with Crippen molar-refractivity contribution in [3.63, 3.8) is 0 Å². The Balaban J connectivity index is 1.69. The van der Waals surface area contributed by atoms with Crippen LogP contribution in [-0.4, -0.2) is 33.0 Å². The highest BCUT2D eigenvalue weighted by atomic mass is 16.5. The highest BCUT2D eigenvalue weighted by Crippen LogP contribution is 2.16. The molecule has 0 saturated carbocycles. The fourth-order valence-corrected chi connectivity index (χ4v) is 2.14. The SMILES string of the molecule is Nc1cnn(Cc2nc(N3CCCCC3)no2)c1. The zero-order chi connectivity index (χ0) is 12.4. The first-order valence-corrected chi connectivity index (χ1v) is 6.17. The molecule has 0 radical (unpaired) electrons. The molecule has 1 aliphatic heterocycles. The van der Waals surface area contributed by atoms with Gasteiger partial charge in [0.1, 0.15) is 6.54 Å². The van der Waals surface area contributed by atoms with Gasteiger partial charge in [-0.05, 0) is 24.4 Å². The predicted molar refractivity (Wildman–Crippen MR) is 66.1 cm³/mol. The summed E-state index contributed by atoms with van der Waals surface area (Å²) in [7, 11) is 0. The second kappa shape index (κ2) is 4.67. The summed E-state index contributed by atoms with van der Waals surface area (Å²) in [5.41, 5.74) is 6.23. The smallest absolute Gasteiger partial charge is 0.266 e. The van der Waals surface area contributed by atoms with Gasteiger partial charge in [0.15, 0.2) is 0 Å². The minimum Gasteiger partial charge on any atom is -0.396 e. The molecule has 0 spiro atoms. The van der Waals surface area contributed by atoms with E-state index in [-0.39, 0.29) is 0 Å². The van der Waals surface area contributed by atoms with E-state index in [0.717, 1.165) is 13.1 Å². The van der Waals surface area contributed by atoms with Gasteiger partial charge in [-0.3, -0.25) is 4.68 Å². The molecule has 7 heteroatoms. The molecule has 7 nitrogen and oxygen atoms in total. The Morgan fingerprint density at radius 2 is 2.11 bits per heavy atom. The Hall–Kier alpha value is -2.05. The minimum atomic E-state index is 0.456. The maximum atomic E-state index is 5.60. The van der Waals surface area contributed by atoms with Crippen LogP contribution < -0.4 is 10.6 Å². The summed E-state index contributed by atoms with van der Waals surface area (Å²) in [4.78, 5) is 6.55. The Morgan fingerprint density at radius 1 is 1.28 bits per heavy atom. The predicted octanol–water partition coefficient (Wildman–Crippen LogP) is 0.887. The Labute approximate surface area is 105 Å². The molecule has 3 rings (SSSR count). The lowest BCUT2D eigenvalue weighted by Crippen LogP contribution is -2.30. The number of nitrogens with zero attached hydrogens (tertiary/aromatic N) is 5. The molecule has 0 unspecified atom stereocenters. The number of anilines is 2. The molecular formula is C11H16N6O. The van der Waals surface area contributed by atoms with E-state index in [1.807, 2.05) is 0 Å². The van der Waals surface area contributed by atoms with E-state index >= 15 is 0 Å². The largest absolute Gasteiger partial charge is 0.396 e. The molecule has 2 aromatic heterocycles. The van der Waals surface area contributed by atoms with Crippen LogP contribution in [0, 0.1) is 0 Å². The number of piperidine rings is 1. The summed E-state index contributed by atoms with van der Waals surface area (Å²) in [6.45, 7) is 2.47. The molecule has 0 bridgehead atoms. The summed E-state index contributed by atoms with van der Waals surface area (Å²) >= 11 is 0. The fourth-order valence-electron chi connectivity index (χ4n) is 2.14. The van der Waals surface area contributed by atoms with Crippen LogP contribution in [0.1, 0.15) is 25.2 Å². The normalized spacial score (nSPS) is 16.1. The van der Waals surface area contributed by atoms with E-state index in [9.17, 15) is 0 Å². The van der Waals surface area contributed by atoms with Gasteiger partial charge in [0.2, 0.25) is 5.89 Å². The van der Waals surface area contributed by atoms with Crippen molar-refractivity contribution in [1.29, 1.82) is 0 Å². The monoisotopic (exact) mass is 248 g/mol. The maximum absolute atomic E-state index is 5.60. The van der Waals surface area contributed by atoms with Gasteiger partial charge in [0.25, 0.3) is 5.95 Å². The van der Waals surface area contributed by atoms with Crippen LogP contribution in [0.2, 0.25) is 0 Å². The van der Waals surface area contributed by atoms with Crippen molar-refractivity contribution in [3.05, 3.63) is 18.3 Å². The third-order valence-corrected chi connectivity index (χ3v) is 3.05. The highest BCUT2D eigenvalue weighted by Gasteiger charge is 2.16. The van der Waals surface area contributed by atoms with Gasteiger partial charge in [-0.2, -0.15) is 10.1 Å². The summed E-state index contributed by atoms with van der Waals surface area (Å²) in [5, 5.41) is 8.09. The van der Waals surface area contributed by atoms with Gasteiger partial charge in [0, 0.05) is 19.3 Å². The molecular weight excluding hydrogens is 232 g/mol. The number of aromatic nitrogens is 4. The first-order valence-electron chi connectivity index (χ1n) is 6.17. The average molecular weight is 248 g/mol. The summed E-state index contributed by atoms with van der Waals surface area (Å²) in [6.07, 6.45) is 7.01. The summed E-state index contributed by atoms with van der Waals surface area (Å²) in [5.74, 6) is 1.24. The molecule has 3 heterocycles. The van der Waals surface area contributed by atoms with E-state index in [0.29, 0.717) is 24.1 Å². The third-order valence-electron chi connectivity index (χ3n) is 3.05. The van der Waals surface area contributed by atoms with Crippen molar-refractivity contribution >= 4 is 11.6 Å². The Morgan fingerprint density at radius 3 is 2.83 bits per heavy atom. The molecule has 0 atom stereocenters. The Bertz CT molecular complexity index is 513. The maximum Gasteiger partial charge on any atom is 0.266 e. The van der Waals surface area contributed by atoms with E-state index in [1.54, 1.807) is 17.1 Å². The molecule has 0 aliphatic carbocycles. The van der Waals surface area contributed by atoms with E-state index in [2.05, 4.69) is 20.1 Å². The van der Waals surface area contributed by atoms with Crippen LogP contribution in [0.15, 0.2) is 16.9 Å². The molecule has 18 heavy (non-hydrogen) atoms. The second-order valence-electron chi connectivity index (χ2n) is 4.51. The van der Waals surface area contributed by atoms with Crippen molar-refractivity contribution in [2.45, 2.75) is 25.8 Å². The first kappa shape index (κ1) is 11.1. The molecule has 0 amide bonds. The topological polar surface area (TPSA) is 86.0 Å². The van der Waals surface area contributed by atoms with Crippen LogP contribution in [0.3, 0.4) is 0 Å². The van der Waals surface area contributed by atoms with Crippen LogP contribution in [0.5, 0.6) is 0 Å². The molecule has 2 aromatic rings. The van der Waals surface area contributed by atoms with Gasteiger partial charge in [-0.1, -0.05) is 0 Å². The zero-order valence-corrected chi connectivity index (χ0v) is 10.1. The van der Waals surface area contributed by atoms with Gasteiger partial charge in [-0.15, -0.1) is 0 Å². The quantitative estimate of drug-likeness (QED) is 0.868. The number of rotatable bonds is 3. The first-order chi connectivity index (χ1) is 8.81. The fraction of sp³-hybridized carbons (Fsp3) is 0.545. The van der Waals surface area contributed by atoms with Crippen LogP contribution in [-0.2, 0) is 6.54 Å². The van der Waals surface area contributed by atoms with Gasteiger partial charge in [0.05, 0.1) is 11.9 Å². The van der Waals surface area contributed by atoms with E-state index in [4.69, 9.17) is 10.3 Å².